The van der Waals surface area contributed by atoms with Crippen molar-refractivity contribution < 1.29 is 4.79 Å². The van der Waals surface area contributed by atoms with E-state index in [9.17, 15) is 4.79 Å². The summed E-state index contributed by atoms with van der Waals surface area (Å²) in [5.74, 6) is -0.449. The van der Waals surface area contributed by atoms with Crippen LogP contribution in [0.5, 0.6) is 0 Å². The summed E-state index contributed by atoms with van der Waals surface area (Å²) >= 11 is 12.4. The molecule has 0 aliphatic carbocycles. The maximum Gasteiger partial charge on any atom is 0.254 e. The molecule has 5 nitrogen and oxygen atoms in total. The van der Waals surface area contributed by atoms with Crippen LogP contribution in [0, 0.1) is 25.2 Å². The normalized spacial score (nSPS) is 10.7. The van der Waals surface area contributed by atoms with Crippen molar-refractivity contribution in [3.63, 3.8) is 0 Å². The number of aryl methyl sites for hydroxylation is 1. The van der Waals surface area contributed by atoms with Gasteiger partial charge in [-0.3, -0.25) is 4.79 Å². The van der Waals surface area contributed by atoms with Crippen molar-refractivity contribution in [3.8, 4) is 11.8 Å². The van der Waals surface area contributed by atoms with E-state index in [1.54, 1.807) is 12.1 Å². The average Bonchev–Trinajstić information content (AvgIpc) is 2.77. The number of hydrogen-bond acceptors (Lipinski definition) is 3. The summed E-state index contributed by atoms with van der Waals surface area (Å²) in [4.78, 5) is 11.2. The van der Waals surface area contributed by atoms with Gasteiger partial charge in [-0.1, -0.05) is 29.3 Å². The number of aromatic nitrogens is 1. The predicted molar refractivity (Wildman–Crippen MR) is 91.2 cm³/mol. The highest BCUT2D eigenvalue weighted by Gasteiger charge is 2.13. The maximum atomic E-state index is 11.2. The van der Waals surface area contributed by atoms with Crippen LogP contribution in [0.1, 0.15) is 23.4 Å². The van der Waals surface area contributed by atoms with Crippen LogP contribution in [-0.2, 0) is 4.79 Å². The molecule has 1 heterocycles. The van der Waals surface area contributed by atoms with Gasteiger partial charge in [0, 0.05) is 17.0 Å². The number of nitriles is 1. The van der Waals surface area contributed by atoms with Crippen molar-refractivity contribution in [2.45, 2.75) is 20.3 Å². The molecule has 0 bridgehead atoms. The van der Waals surface area contributed by atoms with E-state index in [-0.39, 0.29) is 6.42 Å². The van der Waals surface area contributed by atoms with Crippen LogP contribution in [0.2, 0.25) is 10.0 Å². The molecule has 2 aromatic rings. The Morgan fingerprint density at radius 2 is 2.17 bits per heavy atom. The highest BCUT2D eigenvalue weighted by atomic mass is 35.5. The highest BCUT2D eigenvalue weighted by Crippen LogP contribution is 2.31. The summed E-state index contributed by atoms with van der Waals surface area (Å²) in [6, 6.07) is 9.12. The molecule has 7 heteroatoms. The fourth-order valence-electron chi connectivity index (χ4n) is 2.24. The number of carbonyl (C=O) groups excluding carboxylic acids is 1. The number of hydrogen-bond donors (Lipinski definition) is 1. The molecule has 1 aromatic heterocycles. The molecule has 1 aromatic carbocycles. The zero-order valence-corrected chi connectivity index (χ0v) is 14.1. The third-order valence-electron chi connectivity index (χ3n) is 3.27. The summed E-state index contributed by atoms with van der Waals surface area (Å²) in [7, 11) is 0. The van der Waals surface area contributed by atoms with Crippen LogP contribution in [0.25, 0.3) is 5.69 Å². The fourth-order valence-corrected chi connectivity index (χ4v) is 2.62. The molecular weight excluding hydrogens is 335 g/mol. The van der Waals surface area contributed by atoms with Crippen molar-refractivity contribution in [3.05, 3.63) is 51.3 Å². The van der Waals surface area contributed by atoms with E-state index in [0.29, 0.717) is 10.0 Å². The quantitative estimate of drug-likeness (QED) is 0.674. The SMILES string of the molecule is Cc1cc(/C=N\NC(=O)CC#N)c(C)n1-c1cccc(Cl)c1Cl. The molecule has 0 unspecified atom stereocenters. The molecule has 1 amide bonds. The zero-order valence-electron chi connectivity index (χ0n) is 12.6. The minimum absolute atomic E-state index is 0.228. The minimum atomic E-state index is -0.449. The highest BCUT2D eigenvalue weighted by molar-refractivity contribution is 6.43. The smallest absolute Gasteiger partial charge is 0.254 e. The van der Waals surface area contributed by atoms with Gasteiger partial charge in [-0.05, 0) is 32.0 Å². The minimum Gasteiger partial charge on any atom is -0.316 e. The van der Waals surface area contributed by atoms with Gasteiger partial charge in [0.05, 0.1) is 28.0 Å². The molecule has 1 N–H and O–H groups in total. The van der Waals surface area contributed by atoms with E-state index in [1.165, 1.54) is 6.21 Å². The molecule has 0 radical (unpaired) electrons. The van der Waals surface area contributed by atoms with Crippen molar-refractivity contribution in [2.24, 2.45) is 5.10 Å². The average molecular weight is 349 g/mol. The molecule has 0 spiro atoms. The Morgan fingerprint density at radius 3 is 2.87 bits per heavy atom. The summed E-state index contributed by atoms with van der Waals surface area (Å²) in [5.41, 5.74) is 5.77. The Hall–Kier alpha value is -2.29. The lowest BCUT2D eigenvalue weighted by atomic mass is 10.2. The first-order valence-corrected chi connectivity index (χ1v) is 7.53. The van der Waals surface area contributed by atoms with Gasteiger partial charge in [0.15, 0.2) is 0 Å². The number of halogens is 2. The lowest BCUT2D eigenvalue weighted by Crippen LogP contribution is -2.16. The Labute approximate surface area is 144 Å². The van der Waals surface area contributed by atoms with Crippen LogP contribution >= 0.6 is 23.2 Å². The van der Waals surface area contributed by atoms with Gasteiger partial charge in [-0.25, -0.2) is 5.43 Å². The number of rotatable bonds is 4. The van der Waals surface area contributed by atoms with Crippen molar-refractivity contribution in [1.82, 2.24) is 9.99 Å². The van der Waals surface area contributed by atoms with Gasteiger partial charge < -0.3 is 4.57 Å². The summed E-state index contributed by atoms with van der Waals surface area (Å²) in [6.07, 6.45) is 1.31. The van der Waals surface area contributed by atoms with E-state index in [0.717, 1.165) is 22.6 Å². The van der Waals surface area contributed by atoms with E-state index in [2.05, 4.69) is 10.5 Å². The van der Waals surface area contributed by atoms with Gasteiger partial charge in [-0.2, -0.15) is 10.4 Å². The number of nitrogens with one attached hydrogen (secondary N) is 1. The molecule has 0 aliphatic heterocycles. The van der Waals surface area contributed by atoms with Crippen molar-refractivity contribution in [2.75, 3.05) is 0 Å². The summed E-state index contributed by atoms with van der Waals surface area (Å²) in [5, 5.41) is 13.2. The Bertz CT molecular complexity index is 818. The molecule has 0 atom stereocenters. The largest absolute Gasteiger partial charge is 0.316 e. The zero-order chi connectivity index (χ0) is 17.0. The van der Waals surface area contributed by atoms with Crippen molar-refractivity contribution >= 4 is 35.3 Å². The van der Waals surface area contributed by atoms with Crippen LogP contribution < -0.4 is 5.43 Å². The lowest BCUT2D eigenvalue weighted by Gasteiger charge is -2.12. The number of amides is 1. The summed E-state index contributed by atoms with van der Waals surface area (Å²) < 4.78 is 1.96. The monoisotopic (exact) mass is 348 g/mol. The molecule has 0 saturated carbocycles. The van der Waals surface area contributed by atoms with Gasteiger partial charge in [0.2, 0.25) is 0 Å². The van der Waals surface area contributed by atoms with Gasteiger partial charge in [0.25, 0.3) is 5.91 Å². The Kier molecular flexibility index (Phi) is 5.43. The molecule has 2 rings (SSSR count). The van der Waals surface area contributed by atoms with Crippen molar-refractivity contribution in [1.29, 1.82) is 5.26 Å². The number of carbonyl (C=O) groups is 1. The van der Waals surface area contributed by atoms with Crippen LogP contribution in [-0.4, -0.2) is 16.7 Å². The van der Waals surface area contributed by atoms with Crippen LogP contribution in [0.15, 0.2) is 29.4 Å². The second-order valence-electron chi connectivity index (χ2n) is 4.86. The number of benzene rings is 1. The lowest BCUT2D eigenvalue weighted by molar-refractivity contribution is -0.120. The molecule has 118 valence electrons. The van der Waals surface area contributed by atoms with Gasteiger partial charge in [0.1, 0.15) is 6.42 Å². The van der Waals surface area contributed by atoms with E-state index in [1.807, 2.05) is 36.6 Å². The van der Waals surface area contributed by atoms with Crippen LogP contribution in [0.3, 0.4) is 0 Å². The molecule has 0 saturated heterocycles. The maximum absolute atomic E-state index is 11.2. The predicted octanol–water partition coefficient (Wildman–Crippen LogP) is 3.76. The third kappa shape index (κ3) is 3.73. The Balaban J connectivity index is 2.34. The molecule has 0 fully saturated rings. The molecular formula is C16H14Cl2N4O. The first kappa shape index (κ1) is 17.1. The first-order chi connectivity index (χ1) is 11.0. The summed E-state index contributed by atoms with van der Waals surface area (Å²) in [6.45, 7) is 3.86. The van der Waals surface area contributed by atoms with Crippen LogP contribution in [0.4, 0.5) is 0 Å². The number of hydrazone groups is 1. The van der Waals surface area contributed by atoms with Gasteiger partial charge in [-0.15, -0.1) is 0 Å². The molecule has 0 aliphatic rings. The molecule has 23 heavy (non-hydrogen) atoms. The van der Waals surface area contributed by atoms with Gasteiger partial charge >= 0.3 is 0 Å². The Morgan fingerprint density at radius 1 is 1.43 bits per heavy atom. The second-order valence-corrected chi connectivity index (χ2v) is 5.65. The second kappa shape index (κ2) is 7.32. The van der Waals surface area contributed by atoms with E-state index in [4.69, 9.17) is 28.5 Å². The first-order valence-electron chi connectivity index (χ1n) is 6.78. The number of nitrogens with zero attached hydrogens (tertiary/aromatic N) is 3. The topological polar surface area (TPSA) is 70.2 Å². The van der Waals surface area contributed by atoms with E-state index < -0.39 is 5.91 Å². The standard InChI is InChI=1S/C16H14Cl2N4O/c1-10-8-12(9-20-21-15(23)6-7-19)11(2)22(10)14-5-3-4-13(17)16(14)18/h3-5,8-9H,6H2,1-2H3,(H,21,23)/b20-9-. The third-order valence-corrected chi connectivity index (χ3v) is 4.08. The van der Waals surface area contributed by atoms with E-state index >= 15 is 0 Å². The fraction of sp³-hybridized carbons (Fsp3) is 0.188.